The lowest BCUT2D eigenvalue weighted by molar-refractivity contribution is 0.477. The molecule has 1 fully saturated rings. The van der Waals surface area contributed by atoms with Gasteiger partial charge < -0.3 is 44.0 Å². The van der Waals surface area contributed by atoms with Crippen molar-refractivity contribution in [3.63, 3.8) is 0 Å². The number of benzene rings is 3. The van der Waals surface area contributed by atoms with Crippen molar-refractivity contribution in [3.05, 3.63) is 83.9 Å². The van der Waals surface area contributed by atoms with E-state index in [1.807, 2.05) is 42.2 Å². The molecule has 1 aliphatic heterocycles. The summed E-state index contributed by atoms with van der Waals surface area (Å²) in [5.74, 6) is 1.07. The van der Waals surface area contributed by atoms with Crippen LogP contribution in [0.4, 0.5) is 29.2 Å². The van der Waals surface area contributed by atoms with Gasteiger partial charge in [0.1, 0.15) is 5.75 Å². The van der Waals surface area contributed by atoms with Crippen LogP contribution in [0.3, 0.4) is 0 Å². The van der Waals surface area contributed by atoms with Gasteiger partial charge in [-0.1, -0.05) is 48.0 Å². The molecular weight excluding hydrogens is 654 g/mol. The summed E-state index contributed by atoms with van der Waals surface area (Å²) in [5, 5.41) is 14.3. The summed E-state index contributed by atoms with van der Waals surface area (Å²) in [7, 11) is -3.96. The van der Waals surface area contributed by atoms with Crippen molar-refractivity contribution >= 4 is 51.7 Å². The van der Waals surface area contributed by atoms with E-state index in [0.29, 0.717) is 49.5 Å². The number of phenolic OH excluding ortho intramolecular Hbond substituents is 1. The Balaban J connectivity index is 0.00000480. The number of aryl methyl sites for hydroxylation is 1. The molecule has 1 saturated heterocycles. The smallest absolute Gasteiger partial charge is 0.264 e. The van der Waals surface area contributed by atoms with Gasteiger partial charge in [0.2, 0.25) is 17.8 Å². The number of aromatic hydroxyl groups is 1. The SMILES string of the molecule is Cc1ccc(S(=O)(=O)N(Cc2ccccc2)c2ccc(Nc3nc(N(CCN)CCN)nc(N4CCCCC4)n3)c(O)c2)cc1.Cl.N.N.[HH].[HH]. The van der Waals surface area contributed by atoms with Crippen molar-refractivity contribution < 1.29 is 16.4 Å². The molecule has 0 aliphatic carbocycles. The standard InChI is InChI=1S/C32H41N9O3S.ClH.2H3N.2H2/c1-24-10-13-27(14-11-24)45(43,44)41(23-25-8-4-2-5-9-25)26-12-15-28(29(42)22-26)35-30-36-31(39-18-6-3-7-19-39)38-32(37-30)40(20-16-33)21-17-34;;;;;/h2,4-5,8-15,22,42H,3,6-7,16-21,23,33-34H2,1H3,(H,35,36,37,38);1H;2*1H3;2*1H. The van der Waals surface area contributed by atoms with E-state index in [-0.39, 0.29) is 50.7 Å². The van der Waals surface area contributed by atoms with Crippen LogP contribution in [-0.4, -0.2) is 67.7 Å². The first-order valence-electron chi connectivity index (χ1n) is 15.2. The Bertz CT molecular complexity index is 1680. The van der Waals surface area contributed by atoms with Crippen LogP contribution in [-0.2, 0) is 16.6 Å². The van der Waals surface area contributed by atoms with Gasteiger partial charge in [-0.3, -0.25) is 4.31 Å². The number of nitrogens with one attached hydrogen (secondary N) is 1. The Hall–Kier alpha value is -4.25. The van der Waals surface area contributed by atoms with Crippen molar-refractivity contribution in [1.82, 2.24) is 27.3 Å². The van der Waals surface area contributed by atoms with Gasteiger partial charge in [0, 0.05) is 48.2 Å². The van der Waals surface area contributed by atoms with Crippen molar-refractivity contribution in [2.24, 2.45) is 11.5 Å². The first-order valence-corrected chi connectivity index (χ1v) is 16.6. The quantitative estimate of drug-likeness (QED) is 0.101. The van der Waals surface area contributed by atoms with E-state index in [1.165, 1.54) is 10.4 Å². The van der Waals surface area contributed by atoms with E-state index in [9.17, 15) is 13.5 Å². The summed E-state index contributed by atoms with van der Waals surface area (Å²) < 4.78 is 29.1. The lowest BCUT2D eigenvalue weighted by Crippen LogP contribution is -2.36. The van der Waals surface area contributed by atoms with Gasteiger partial charge in [-0.15, -0.1) is 12.4 Å². The molecule has 48 heavy (non-hydrogen) atoms. The number of sulfonamides is 1. The van der Waals surface area contributed by atoms with Crippen LogP contribution in [0, 0.1) is 6.92 Å². The fourth-order valence-corrected chi connectivity index (χ4v) is 6.66. The average molecular weight is 706 g/mol. The fraction of sp³-hybridized carbons (Fsp3) is 0.344. The Labute approximate surface area is 292 Å². The minimum atomic E-state index is -3.96. The van der Waals surface area contributed by atoms with E-state index in [2.05, 4.69) is 20.2 Å². The third-order valence-electron chi connectivity index (χ3n) is 7.63. The largest absolute Gasteiger partial charge is 0.506 e. The first-order chi connectivity index (χ1) is 21.8. The highest BCUT2D eigenvalue weighted by atomic mass is 35.5. The molecule has 0 atom stereocenters. The highest BCUT2D eigenvalue weighted by molar-refractivity contribution is 7.92. The molecule has 2 heterocycles. The molecule has 266 valence electrons. The number of piperidine rings is 1. The van der Waals surface area contributed by atoms with Gasteiger partial charge in [0.25, 0.3) is 10.0 Å². The molecule has 0 radical (unpaired) electrons. The van der Waals surface area contributed by atoms with E-state index in [0.717, 1.165) is 43.5 Å². The molecule has 0 saturated carbocycles. The zero-order valence-corrected chi connectivity index (χ0v) is 29.0. The summed E-state index contributed by atoms with van der Waals surface area (Å²) in [5.41, 5.74) is 14.1. The summed E-state index contributed by atoms with van der Waals surface area (Å²) >= 11 is 0. The molecule has 5 rings (SSSR count). The van der Waals surface area contributed by atoms with Gasteiger partial charge >= 0.3 is 0 Å². The summed E-state index contributed by atoms with van der Waals surface area (Å²) in [4.78, 5) is 18.3. The molecule has 0 bridgehead atoms. The van der Waals surface area contributed by atoms with E-state index < -0.39 is 10.0 Å². The molecule has 16 heteroatoms. The number of anilines is 5. The van der Waals surface area contributed by atoms with E-state index in [4.69, 9.17) is 16.5 Å². The molecule has 4 aromatic rings. The topological polar surface area (TPSA) is 237 Å². The maximum atomic E-state index is 13.9. The van der Waals surface area contributed by atoms with Crippen LogP contribution < -0.4 is 43.2 Å². The minimum Gasteiger partial charge on any atom is -0.506 e. The number of hydrogen-bond donors (Lipinski definition) is 6. The fourth-order valence-electron chi connectivity index (χ4n) is 5.21. The molecule has 14 nitrogen and oxygen atoms in total. The second kappa shape index (κ2) is 18.3. The molecule has 0 unspecified atom stereocenters. The number of nitrogens with two attached hydrogens (primary N) is 2. The third-order valence-corrected chi connectivity index (χ3v) is 9.41. The Kier molecular flexibility index (Phi) is 15.3. The zero-order chi connectivity index (χ0) is 31.8. The summed E-state index contributed by atoms with van der Waals surface area (Å²) in [6, 6.07) is 20.7. The second-order valence-electron chi connectivity index (χ2n) is 11.0. The van der Waals surface area contributed by atoms with E-state index >= 15 is 0 Å². The molecule has 0 amide bonds. The minimum absolute atomic E-state index is 0. The van der Waals surface area contributed by atoms with Crippen LogP contribution in [0.2, 0.25) is 0 Å². The van der Waals surface area contributed by atoms with Crippen LogP contribution in [0.15, 0.2) is 77.7 Å². The number of nitrogens with zero attached hydrogens (tertiary/aromatic N) is 6. The Morgan fingerprint density at radius 3 is 2.15 bits per heavy atom. The predicted molar refractivity (Wildman–Crippen MR) is 200 cm³/mol. The number of halogens is 1. The van der Waals surface area contributed by atoms with Gasteiger partial charge in [0.05, 0.1) is 22.8 Å². The monoisotopic (exact) mass is 705 g/mol. The van der Waals surface area contributed by atoms with Crippen molar-refractivity contribution in [1.29, 1.82) is 0 Å². The zero-order valence-electron chi connectivity index (χ0n) is 27.3. The molecule has 1 aliphatic rings. The van der Waals surface area contributed by atoms with Crippen LogP contribution in [0.5, 0.6) is 5.75 Å². The third kappa shape index (κ3) is 9.65. The van der Waals surface area contributed by atoms with Crippen LogP contribution in [0.1, 0.15) is 33.2 Å². The predicted octanol–water partition coefficient (Wildman–Crippen LogP) is 4.98. The lowest BCUT2D eigenvalue weighted by Gasteiger charge is -2.28. The molecule has 1 aromatic heterocycles. The van der Waals surface area contributed by atoms with Crippen LogP contribution in [0.25, 0.3) is 0 Å². The van der Waals surface area contributed by atoms with Gasteiger partial charge in [0.15, 0.2) is 0 Å². The maximum Gasteiger partial charge on any atom is 0.264 e. The highest BCUT2D eigenvalue weighted by Gasteiger charge is 2.26. The lowest BCUT2D eigenvalue weighted by atomic mass is 10.1. The van der Waals surface area contributed by atoms with Crippen molar-refractivity contribution in [3.8, 4) is 5.75 Å². The number of aromatic nitrogens is 3. The molecule has 3 aromatic carbocycles. The molecular formula is C32H52ClN11O3S. The van der Waals surface area contributed by atoms with Gasteiger partial charge in [-0.05, 0) is 56.0 Å². The highest BCUT2D eigenvalue weighted by Crippen LogP contribution is 2.34. The average Bonchev–Trinajstić information content (AvgIpc) is 3.05. The van der Waals surface area contributed by atoms with Crippen molar-refractivity contribution in [2.45, 2.75) is 37.6 Å². The van der Waals surface area contributed by atoms with Crippen molar-refractivity contribution in [2.75, 3.05) is 58.7 Å². The van der Waals surface area contributed by atoms with Crippen LogP contribution >= 0.6 is 12.4 Å². The number of rotatable bonds is 13. The first kappa shape index (κ1) is 39.9. The Morgan fingerprint density at radius 2 is 1.54 bits per heavy atom. The van der Waals surface area contributed by atoms with Gasteiger partial charge in [-0.25, -0.2) is 8.42 Å². The normalized spacial score (nSPS) is 12.6. The van der Waals surface area contributed by atoms with Gasteiger partial charge in [-0.2, -0.15) is 15.0 Å². The number of phenols is 1. The summed E-state index contributed by atoms with van der Waals surface area (Å²) in [6.45, 7) is 5.51. The number of hydrogen-bond acceptors (Lipinski definition) is 13. The molecule has 0 spiro atoms. The Morgan fingerprint density at radius 1 is 0.896 bits per heavy atom. The summed E-state index contributed by atoms with van der Waals surface area (Å²) in [6.07, 6.45) is 3.26. The maximum absolute atomic E-state index is 13.9. The molecule has 12 N–H and O–H groups in total. The van der Waals surface area contributed by atoms with E-state index in [1.54, 1.807) is 36.4 Å². The second-order valence-corrected chi connectivity index (χ2v) is 12.9.